The summed E-state index contributed by atoms with van der Waals surface area (Å²) < 4.78 is 0. The SMILES string of the molecule is CCNC(=O)c1cccc(CC#N)c1Cl. The zero-order chi connectivity index (χ0) is 11.3. The van der Waals surface area contributed by atoms with Gasteiger partial charge in [0.25, 0.3) is 5.91 Å². The Labute approximate surface area is 93.7 Å². The first-order valence-electron chi connectivity index (χ1n) is 4.63. The fourth-order valence-electron chi connectivity index (χ4n) is 1.23. The van der Waals surface area contributed by atoms with Crippen LogP contribution < -0.4 is 5.32 Å². The van der Waals surface area contributed by atoms with Gasteiger partial charge in [-0.2, -0.15) is 5.26 Å². The van der Waals surface area contributed by atoms with E-state index in [1.165, 1.54) is 0 Å². The topological polar surface area (TPSA) is 52.9 Å². The summed E-state index contributed by atoms with van der Waals surface area (Å²) in [5, 5.41) is 11.6. The fourth-order valence-corrected chi connectivity index (χ4v) is 1.51. The molecule has 1 amide bonds. The molecule has 0 bridgehead atoms. The van der Waals surface area contributed by atoms with Crippen molar-refractivity contribution in [2.45, 2.75) is 13.3 Å². The van der Waals surface area contributed by atoms with E-state index >= 15 is 0 Å². The van der Waals surface area contributed by atoms with Gasteiger partial charge in [-0.05, 0) is 18.6 Å². The molecule has 1 N–H and O–H groups in total. The smallest absolute Gasteiger partial charge is 0.252 e. The van der Waals surface area contributed by atoms with Gasteiger partial charge in [-0.3, -0.25) is 4.79 Å². The van der Waals surface area contributed by atoms with Crippen molar-refractivity contribution in [3.8, 4) is 6.07 Å². The molecule has 0 spiro atoms. The minimum Gasteiger partial charge on any atom is -0.352 e. The average molecular weight is 223 g/mol. The highest BCUT2D eigenvalue weighted by atomic mass is 35.5. The van der Waals surface area contributed by atoms with Gasteiger partial charge in [-0.25, -0.2) is 0 Å². The van der Waals surface area contributed by atoms with E-state index in [0.29, 0.717) is 22.7 Å². The summed E-state index contributed by atoms with van der Waals surface area (Å²) in [5.74, 6) is -0.206. The van der Waals surface area contributed by atoms with Crippen LogP contribution >= 0.6 is 11.6 Å². The maximum atomic E-state index is 11.5. The zero-order valence-electron chi connectivity index (χ0n) is 8.38. The van der Waals surface area contributed by atoms with E-state index in [-0.39, 0.29) is 12.3 Å². The molecule has 1 aromatic rings. The highest BCUT2D eigenvalue weighted by molar-refractivity contribution is 6.34. The molecule has 3 nitrogen and oxygen atoms in total. The second-order valence-corrected chi connectivity index (χ2v) is 3.35. The number of hydrogen-bond acceptors (Lipinski definition) is 2. The summed E-state index contributed by atoms with van der Waals surface area (Å²) in [6.07, 6.45) is 0.214. The van der Waals surface area contributed by atoms with E-state index < -0.39 is 0 Å². The molecule has 0 saturated heterocycles. The second-order valence-electron chi connectivity index (χ2n) is 2.97. The summed E-state index contributed by atoms with van der Waals surface area (Å²) >= 11 is 6.01. The molecule has 78 valence electrons. The third-order valence-electron chi connectivity index (χ3n) is 1.93. The van der Waals surface area contributed by atoms with Crippen LogP contribution in [0.5, 0.6) is 0 Å². The Morgan fingerprint density at radius 2 is 2.33 bits per heavy atom. The number of amides is 1. The van der Waals surface area contributed by atoms with E-state index in [2.05, 4.69) is 5.32 Å². The lowest BCUT2D eigenvalue weighted by Crippen LogP contribution is -2.23. The molecule has 0 aromatic heterocycles. The quantitative estimate of drug-likeness (QED) is 0.852. The van der Waals surface area contributed by atoms with E-state index in [0.717, 1.165) is 0 Å². The number of carbonyl (C=O) groups is 1. The van der Waals surface area contributed by atoms with Gasteiger partial charge in [0.15, 0.2) is 0 Å². The van der Waals surface area contributed by atoms with Gasteiger partial charge in [0.1, 0.15) is 0 Å². The predicted octanol–water partition coefficient (Wildman–Crippen LogP) is 2.16. The molecule has 0 fully saturated rings. The highest BCUT2D eigenvalue weighted by Crippen LogP contribution is 2.21. The number of nitrogens with zero attached hydrogens (tertiary/aromatic N) is 1. The molecule has 1 rings (SSSR count). The van der Waals surface area contributed by atoms with Gasteiger partial charge >= 0.3 is 0 Å². The molecule has 15 heavy (non-hydrogen) atoms. The van der Waals surface area contributed by atoms with Crippen molar-refractivity contribution in [2.24, 2.45) is 0 Å². The third kappa shape index (κ3) is 2.71. The molecular formula is C11H11ClN2O. The molecule has 0 saturated carbocycles. The van der Waals surface area contributed by atoms with E-state index in [9.17, 15) is 4.79 Å². The lowest BCUT2D eigenvalue weighted by atomic mass is 10.1. The molecule has 0 unspecified atom stereocenters. The van der Waals surface area contributed by atoms with E-state index in [1.54, 1.807) is 18.2 Å². The average Bonchev–Trinajstić information content (AvgIpc) is 2.22. The Morgan fingerprint density at radius 1 is 1.60 bits per heavy atom. The molecule has 4 heteroatoms. The molecule has 0 aliphatic rings. The highest BCUT2D eigenvalue weighted by Gasteiger charge is 2.11. The standard InChI is InChI=1S/C11H11ClN2O/c1-2-14-11(15)9-5-3-4-8(6-7-13)10(9)12/h3-5H,2,6H2,1H3,(H,14,15). The van der Waals surface area contributed by atoms with Crippen molar-refractivity contribution in [3.63, 3.8) is 0 Å². The number of carbonyl (C=O) groups excluding carboxylic acids is 1. The van der Waals surface area contributed by atoms with Gasteiger partial charge in [0, 0.05) is 6.54 Å². The Bertz CT molecular complexity index is 410. The molecule has 1 aromatic carbocycles. The van der Waals surface area contributed by atoms with E-state index in [1.807, 2.05) is 13.0 Å². The molecule has 0 aliphatic carbocycles. The molecular weight excluding hydrogens is 212 g/mol. The van der Waals surface area contributed by atoms with Crippen molar-refractivity contribution in [2.75, 3.05) is 6.54 Å². The van der Waals surface area contributed by atoms with Crippen LogP contribution in [0.3, 0.4) is 0 Å². The molecule has 0 heterocycles. The summed E-state index contributed by atoms with van der Waals surface area (Å²) in [7, 11) is 0. The van der Waals surface area contributed by atoms with Crippen molar-refractivity contribution in [1.29, 1.82) is 5.26 Å². The molecule has 0 radical (unpaired) electrons. The number of benzene rings is 1. The Kier molecular flexibility index (Phi) is 4.14. The van der Waals surface area contributed by atoms with Gasteiger partial charge in [-0.15, -0.1) is 0 Å². The van der Waals surface area contributed by atoms with Crippen LogP contribution in [0.1, 0.15) is 22.8 Å². The van der Waals surface area contributed by atoms with Crippen LogP contribution in [0.15, 0.2) is 18.2 Å². The van der Waals surface area contributed by atoms with Gasteiger partial charge in [-0.1, -0.05) is 23.7 Å². The maximum Gasteiger partial charge on any atom is 0.252 e. The normalized spacial score (nSPS) is 9.40. The van der Waals surface area contributed by atoms with Crippen LogP contribution in [-0.4, -0.2) is 12.5 Å². The summed E-state index contributed by atoms with van der Waals surface area (Å²) in [6, 6.07) is 7.12. The van der Waals surface area contributed by atoms with E-state index in [4.69, 9.17) is 16.9 Å². The summed E-state index contributed by atoms with van der Waals surface area (Å²) in [5.41, 5.74) is 1.11. The maximum absolute atomic E-state index is 11.5. The van der Waals surface area contributed by atoms with Crippen molar-refractivity contribution >= 4 is 17.5 Å². The van der Waals surface area contributed by atoms with Crippen LogP contribution in [0.2, 0.25) is 5.02 Å². The fraction of sp³-hybridized carbons (Fsp3) is 0.273. The first kappa shape index (κ1) is 11.5. The summed E-state index contributed by atoms with van der Waals surface area (Å²) in [6.45, 7) is 2.39. The lowest BCUT2D eigenvalue weighted by molar-refractivity contribution is 0.0956. The molecule has 0 atom stereocenters. The van der Waals surface area contributed by atoms with Crippen molar-refractivity contribution < 1.29 is 4.79 Å². The van der Waals surface area contributed by atoms with Gasteiger partial charge < -0.3 is 5.32 Å². The molecule has 0 aliphatic heterocycles. The minimum absolute atomic E-state index is 0.206. The monoisotopic (exact) mass is 222 g/mol. The Balaban J connectivity index is 3.04. The number of nitriles is 1. The van der Waals surface area contributed by atoms with Crippen LogP contribution in [0, 0.1) is 11.3 Å². The third-order valence-corrected chi connectivity index (χ3v) is 2.38. The van der Waals surface area contributed by atoms with Crippen molar-refractivity contribution in [3.05, 3.63) is 34.3 Å². The number of halogens is 1. The Morgan fingerprint density at radius 3 is 2.93 bits per heavy atom. The zero-order valence-corrected chi connectivity index (χ0v) is 9.14. The number of hydrogen-bond donors (Lipinski definition) is 1. The first-order chi connectivity index (χ1) is 7.20. The van der Waals surface area contributed by atoms with Gasteiger partial charge in [0.2, 0.25) is 0 Å². The van der Waals surface area contributed by atoms with Crippen molar-refractivity contribution in [1.82, 2.24) is 5.32 Å². The van der Waals surface area contributed by atoms with Gasteiger partial charge in [0.05, 0.1) is 23.1 Å². The number of nitrogens with one attached hydrogen (secondary N) is 1. The Hall–Kier alpha value is -1.53. The lowest BCUT2D eigenvalue weighted by Gasteiger charge is -2.06. The summed E-state index contributed by atoms with van der Waals surface area (Å²) in [4.78, 5) is 11.5. The second kappa shape index (κ2) is 5.38. The minimum atomic E-state index is -0.206. The predicted molar refractivity (Wildman–Crippen MR) is 58.8 cm³/mol. The number of rotatable bonds is 3. The van der Waals surface area contributed by atoms with Crippen LogP contribution in [0.25, 0.3) is 0 Å². The largest absolute Gasteiger partial charge is 0.352 e. The van der Waals surface area contributed by atoms with Crippen LogP contribution in [0.4, 0.5) is 0 Å². The first-order valence-corrected chi connectivity index (χ1v) is 5.01. The van der Waals surface area contributed by atoms with Crippen LogP contribution in [-0.2, 0) is 6.42 Å².